The van der Waals surface area contributed by atoms with Crippen molar-refractivity contribution < 1.29 is 13.6 Å². The number of thiophene rings is 1. The Kier molecular flexibility index (Phi) is 4.91. The van der Waals surface area contributed by atoms with E-state index in [0.29, 0.717) is 18.0 Å². The third-order valence-corrected chi connectivity index (χ3v) is 4.31. The maximum absolute atomic E-state index is 13.2. The van der Waals surface area contributed by atoms with Crippen molar-refractivity contribution in [2.24, 2.45) is 0 Å². The van der Waals surface area contributed by atoms with E-state index >= 15 is 0 Å². The third kappa shape index (κ3) is 4.00. The Hall–Kier alpha value is -2.66. The summed E-state index contributed by atoms with van der Waals surface area (Å²) >= 11 is 1.57. The summed E-state index contributed by atoms with van der Waals surface area (Å²) in [6, 6.07) is 13.5. The zero-order valence-corrected chi connectivity index (χ0v) is 13.9. The summed E-state index contributed by atoms with van der Waals surface area (Å²) in [5, 5.41) is 1.96. The van der Waals surface area contributed by atoms with Gasteiger partial charge in [-0.1, -0.05) is 6.07 Å². The Morgan fingerprint density at radius 1 is 1.21 bits per heavy atom. The van der Waals surface area contributed by atoms with Crippen LogP contribution in [-0.4, -0.2) is 5.91 Å². The summed E-state index contributed by atoms with van der Waals surface area (Å²) in [5.41, 5.74) is 0.648. The Morgan fingerprint density at radius 3 is 2.62 bits per heavy atom. The van der Waals surface area contributed by atoms with Crippen molar-refractivity contribution >= 4 is 29.0 Å². The molecule has 3 aromatic rings. The predicted molar refractivity (Wildman–Crippen MR) is 94.4 cm³/mol. The fourth-order valence-electron chi connectivity index (χ4n) is 2.26. The lowest BCUT2D eigenvalue weighted by atomic mass is 10.2. The average Bonchev–Trinajstić information content (AvgIpc) is 3.23. The number of carbonyl (C=O) groups excluding carboxylic acids is 1. The molecule has 0 N–H and O–H groups in total. The number of amides is 1. The fraction of sp³-hybridized carbons (Fsp3) is 0.105. The summed E-state index contributed by atoms with van der Waals surface area (Å²) in [7, 11) is 0. The summed E-state index contributed by atoms with van der Waals surface area (Å²) in [6.07, 6.45) is 3.11. The van der Waals surface area contributed by atoms with Gasteiger partial charge < -0.3 is 9.32 Å². The minimum atomic E-state index is -0.330. The molecule has 0 bridgehead atoms. The molecule has 1 amide bonds. The van der Waals surface area contributed by atoms with Crippen LogP contribution in [0.5, 0.6) is 0 Å². The summed E-state index contributed by atoms with van der Waals surface area (Å²) in [6.45, 7) is 2.28. The van der Waals surface area contributed by atoms with Crippen LogP contribution < -0.4 is 4.90 Å². The number of hydrogen-bond acceptors (Lipinski definition) is 3. The van der Waals surface area contributed by atoms with Gasteiger partial charge in [0.1, 0.15) is 17.3 Å². The molecule has 0 atom stereocenters. The van der Waals surface area contributed by atoms with Crippen molar-refractivity contribution in [3.63, 3.8) is 0 Å². The first-order valence-corrected chi connectivity index (χ1v) is 8.34. The molecule has 0 unspecified atom stereocenters. The molecule has 24 heavy (non-hydrogen) atoms. The molecule has 0 radical (unpaired) electrons. The van der Waals surface area contributed by atoms with Gasteiger partial charge >= 0.3 is 0 Å². The minimum absolute atomic E-state index is 0.191. The number of carbonyl (C=O) groups is 1. The van der Waals surface area contributed by atoms with Crippen LogP contribution >= 0.6 is 11.3 Å². The topological polar surface area (TPSA) is 33.5 Å². The molecule has 0 saturated carbocycles. The highest BCUT2D eigenvalue weighted by atomic mass is 32.1. The second kappa shape index (κ2) is 7.27. The van der Waals surface area contributed by atoms with Crippen LogP contribution in [0, 0.1) is 12.7 Å². The molecule has 0 fully saturated rings. The molecule has 0 saturated heterocycles. The van der Waals surface area contributed by atoms with Gasteiger partial charge in [0.05, 0.1) is 6.54 Å². The van der Waals surface area contributed by atoms with E-state index in [9.17, 15) is 9.18 Å². The quantitative estimate of drug-likeness (QED) is 0.610. The zero-order chi connectivity index (χ0) is 16.9. The number of hydrogen-bond donors (Lipinski definition) is 0. The normalized spacial score (nSPS) is 11.1. The zero-order valence-electron chi connectivity index (χ0n) is 13.1. The van der Waals surface area contributed by atoms with Crippen LogP contribution in [0.15, 0.2) is 64.4 Å². The standard InChI is InChI=1S/C19H16FNO2S/c1-14-4-9-17(23-14)10-11-19(22)21(13-18-3-2-12-24-18)16-7-5-15(20)6-8-16/h2-12H,13H2,1H3. The second-order valence-electron chi connectivity index (χ2n) is 5.26. The molecule has 2 heterocycles. The van der Waals surface area contributed by atoms with Gasteiger partial charge in [0, 0.05) is 16.6 Å². The lowest BCUT2D eigenvalue weighted by Crippen LogP contribution is -2.28. The molecule has 0 spiro atoms. The number of nitrogens with zero attached hydrogens (tertiary/aromatic N) is 1. The van der Waals surface area contributed by atoms with Crippen molar-refractivity contribution in [2.45, 2.75) is 13.5 Å². The van der Waals surface area contributed by atoms with Gasteiger partial charge in [-0.25, -0.2) is 4.39 Å². The molecule has 122 valence electrons. The van der Waals surface area contributed by atoms with Gasteiger partial charge in [0.15, 0.2) is 0 Å². The molecule has 3 nitrogen and oxygen atoms in total. The van der Waals surface area contributed by atoms with Crippen molar-refractivity contribution in [1.82, 2.24) is 0 Å². The van der Waals surface area contributed by atoms with Gasteiger partial charge in [-0.2, -0.15) is 0 Å². The van der Waals surface area contributed by atoms with Gasteiger partial charge in [-0.05, 0) is 60.8 Å². The third-order valence-electron chi connectivity index (χ3n) is 3.45. The van der Waals surface area contributed by atoms with E-state index in [0.717, 1.165) is 10.6 Å². The number of halogens is 1. The molecular formula is C19H16FNO2S. The molecule has 0 aliphatic heterocycles. The van der Waals surface area contributed by atoms with Crippen LogP contribution in [-0.2, 0) is 11.3 Å². The first-order chi connectivity index (χ1) is 11.6. The highest BCUT2D eigenvalue weighted by molar-refractivity contribution is 7.09. The van der Waals surface area contributed by atoms with E-state index in [1.54, 1.807) is 40.5 Å². The van der Waals surface area contributed by atoms with Gasteiger partial charge in [-0.15, -0.1) is 11.3 Å². The smallest absolute Gasteiger partial charge is 0.251 e. The monoisotopic (exact) mass is 341 g/mol. The Labute approximate surface area is 143 Å². The second-order valence-corrected chi connectivity index (χ2v) is 6.29. The number of benzene rings is 1. The van der Waals surface area contributed by atoms with Crippen LogP contribution in [0.1, 0.15) is 16.4 Å². The van der Waals surface area contributed by atoms with Crippen LogP contribution in [0.2, 0.25) is 0 Å². The Balaban J connectivity index is 1.84. The largest absolute Gasteiger partial charge is 0.462 e. The number of furan rings is 1. The van der Waals surface area contributed by atoms with Gasteiger partial charge in [0.2, 0.25) is 0 Å². The molecule has 0 aliphatic carbocycles. The Bertz CT molecular complexity index is 835. The number of rotatable bonds is 5. The highest BCUT2D eigenvalue weighted by Gasteiger charge is 2.15. The summed E-state index contributed by atoms with van der Waals surface area (Å²) < 4.78 is 18.6. The molecule has 1 aromatic carbocycles. The lowest BCUT2D eigenvalue weighted by molar-refractivity contribution is -0.114. The maximum Gasteiger partial charge on any atom is 0.251 e. The highest BCUT2D eigenvalue weighted by Crippen LogP contribution is 2.21. The molecule has 0 aliphatic rings. The molecule has 2 aromatic heterocycles. The molecule has 3 rings (SSSR count). The Morgan fingerprint density at radius 2 is 2.00 bits per heavy atom. The average molecular weight is 341 g/mol. The molecular weight excluding hydrogens is 325 g/mol. The van der Waals surface area contributed by atoms with Crippen molar-refractivity contribution in [3.05, 3.63) is 82.2 Å². The van der Waals surface area contributed by atoms with E-state index in [-0.39, 0.29) is 11.7 Å². The van der Waals surface area contributed by atoms with Crippen LogP contribution in [0.3, 0.4) is 0 Å². The van der Waals surface area contributed by atoms with E-state index in [2.05, 4.69) is 0 Å². The van der Waals surface area contributed by atoms with Crippen molar-refractivity contribution in [3.8, 4) is 0 Å². The minimum Gasteiger partial charge on any atom is -0.462 e. The van der Waals surface area contributed by atoms with Crippen LogP contribution in [0.25, 0.3) is 6.08 Å². The SMILES string of the molecule is Cc1ccc(C=CC(=O)N(Cc2cccs2)c2ccc(F)cc2)o1. The van der Waals surface area contributed by atoms with Gasteiger partial charge in [0.25, 0.3) is 5.91 Å². The van der Waals surface area contributed by atoms with Crippen molar-refractivity contribution in [1.29, 1.82) is 0 Å². The lowest BCUT2D eigenvalue weighted by Gasteiger charge is -2.20. The summed E-state index contributed by atoms with van der Waals surface area (Å²) in [5.74, 6) is 0.889. The predicted octanol–water partition coefficient (Wildman–Crippen LogP) is 5.04. The van der Waals surface area contributed by atoms with E-state index in [4.69, 9.17) is 4.42 Å². The molecule has 5 heteroatoms. The number of anilines is 1. The van der Waals surface area contributed by atoms with Gasteiger partial charge in [-0.3, -0.25) is 4.79 Å². The van der Waals surface area contributed by atoms with Crippen LogP contribution in [0.4, 0.5) is 10.1 Å². The fourth-order valence-corrected chi connectivity index (χ4v) is 2.95. The van der Waals surface area contributed by atoms with E-state index in [1.165, 1.54) is 18.2 Å². The van der Waals surface area contributed by atoms with E-state index in [1.807, 2.05) is 30.5 Å². The van der Waals surface area contributed by atoms with E-state index < -0.39 is 0 Å². The van der Waals surface area contributed by atoms with Crippen molar-refractivity contribution in [2.75, 3.05) is 4.90 Å². The first-order valence-electron chi connectivity index (χ1n) is 7.46. The number of aryl methyl sites for hydroxylation is 1. The maximum atomic E-state index is 13.2. The first kappa shape index (κ1) is 16.2. The summed E-state index contributed by atoms with van der Waals surface area (Å²) in [4.78, 5) is 15.3.